The molecule has 1 saturated heterocycles. The normalized spacial score (nSPS) is 16.2. The predicted octanol–water partition coefficient (Wildman–Crippen LogP) is 1.13. The lowest BCUT2D eigenvalue weighted by Gasteiger charge is -2.40. The number of benzene rings is 1. The van der Waals surface area contributed by atoms with Gasteiger partial charge in [0, 0.05) is 39.4 Å². The van der Waals surface area contributed by atoms with Crippen LogP contribution in [0.2, 0.25) is 0 Å². The zero-order chi connectivity index (χ0) is 14.8. The third-order valence-corrected chi connectivity index (χ3v) is 5.44. The van der Waals surface area contributed by atoms with Crippen LogP contribution in [0.25, 0.3) is 0 Å². The van der Waals surface area contributed by atoms with Crippen LogP contribution >= 0.6 is 0 Å². The minimum absolute atomic E-state index is 0.342. The smallest absolute Gasteiger partial charge is 0.242 e. The molecule has 1 heterocycles. The Bertz CT molecular complexity index is 536. The third-order valence-electron chi connectivity index (χ3n) is 3.61. The van der Waals surface area contributed by atoms with Gasteiger partial charge >= 0.3 is 0 Å². The molecule has 0 amide bonds. The van der Waals surface area contributed by atoms with Gasteiger partial charge in [-0.1, -0.05) is 6.92 Å². The summed E-state index contributed by atoms with van der Waals surface area (Å²) >= 11 is 0. The van der Waals surface area contributed by atoms with Gasteiger partial charge < -0.3 is 10.2 Å². The van der Waals surface area contributed by atoms with E-state index in [1.807, 2.05) is 12.1 Å². The highest BCUT2D eigenvalue weighted by molar-refractivity contribution is 7.89. The molecule has 20 heavy (non-hydrogen) atoms. The Kier molecular flexibility index (Phi) is 4.67. The Hall–Kier alpha value is -1.11. The van der Waals surface area contributed by atoms with E-state index >= 15 is 0 Å². The maximum atomic E-state index is 12.0. The lowest BCUT2D eigenvalue weighted by Crippen LogP contribution is -2.57. The van der Waals surface area contributed by atoms with Crippen molar-refractivity contribution in [2.75, 3.05) is 38.6 Å². The highest BCUT2D eigenvalue weighted by atomic mass is 32.2. The minimum Gasteiger partial charge on any atom is -0.366 e. The summed E-state index contributed by atoms with van der Waals surface area (Å²) in [5, 5.41) is 3.28. The molecule has 112 valence electrons. The Morgan fingerprint density at radius 3 is 2.20 bits per heavy atom. The third kappa shape index (κ3) is 2.97. The number of anilines is 1. The quantitative estimate of drug-likeness (QED) is 0.855. The second kappa shape index (κ2) is 6.11. The van der Waals surface area contributed by atoms with Crippen molar-refractivity contribution in [3.8, 4) is 0 Å². The van der Waals surface area contributed by atoms with Crippen molar-refractivity contribution in [2.45, 2.75) is 24.3 Å². The summed E-state index contributed by atoms with van der Waals surface area (Å²) in [6.45, 7) is 5.14. The summed E-state index contributed by atoms with van der Waals surface area (Å²) in [6.07, 6.45) is 1.08. The van der Waals surface area contributed by atoms with Crippen LogP contribution in [-0.4, -0.2) is 52.5 Å². The molecule has 1 N–H and O–H groups in total. The van der Waals surface area contributed by atoms with Crippen molar-refractivity contribution in [2.24, 2.45) is 0 Å². The van der Waals surface area contributed by atoms with Crippen LogP contribution in [0.3, 0.4) is 0 Å². The Labute approximate surface area is 121 Å². The standard InChI is InChI=1S/C14H23N3O2S/c1-4-9-17(13-10-15-11-13)12-5-7-14(8-6-12)20(18,19)16(2)3/h5-8,13,15H,4,9-11H2,1-3H3. The molecule has 1 aliphatic heterocycles. The molecule has 0 aliphatic carbocycles. The van der Waals surface area contributed by atoms with Crippen molar-refractivity contribution in [1.82, 2.24) is 9.62 Å². The number of hydrogen-bond acceptors (Lipinski definition) is 4. The van der Waals surface area contributed by atoms with Gasteiger partial charge in [0.25, 0.3) is 0 Å². The van der Waals surface area contributed by atoms with E-state index in [1.54, 1.807) is 26.2 Å². The minimum atomic E-state index is -3.34. The van der Waals surface area contributed by atoms with Crippen LogP contribution in [0.1, 0.15) is 13.3 Å². The zero-order valence-electron chi connectivity index (χ0n) is 12.3. The molecule has 1 aromatic rings. The maximum Gasteiger partial charge on any atom is 0.242 e. The van der Waals surface area contributed by atoms with Crippen molar-refractivity contribution < 1.29 is 8.42 Å². The molecule has 0 radical (unpaired) electrons. The summed E-state index contributed by atoms with van der Waals surface area (Å²) in [6, 6.07) is 7.72. The molecule has 6 heteroatoms. The zero-order valence-corrected chi connectivity index (χ0v) is 13.2. The van der Waals surface area contributed by atoms with Crippen LogP contribution in [0.5, 0.6) is 0 Å². The van der Waals surface area contributed by atoms with Gasteiger partial charge in [-0.3, -0.25) is 0 Å². The summed E-state index contributed by atoms with van der Waals surface area (Å²) in [4.78, 5) is 2.69. The summed E-state index contributed by atoms with van der Waals surface area (Å²) in [7, 11) is -0.244. The lowest BCUT2D eigenvalue weighted by atomic mass is 10.1. The van der Waals surface area contributed by atoms with Crippen LogP contribution in [-0.2, 0) is 10.0 Å². The second-order valence-corrected chi connectivity index (χ2v) is 7.44. The van der Waals surface area contributed by atoms with E-state index in [2.05, 4.69) is 17.1 Å². The van der Waals surface area contributed by atoms with Crippen molar-refractivity contribution in [3.63, 3.8) is 0 Å². The molecule has 0 spiro atoms. The van der Waals surface area contributed by atoms with Gasteiger partial charge in [-0.05, 0) is 30.7 Å². The van der Waals surface area contributed by atoms with Crippen LogP contribution < -0.4 is 10.2 Å². The molecule has 2 rings (SSSR count). The molecule has 0 bridgehead atoms. The summed E-state index contributed by atoms with van der Waals surface area (Å²) < 4.78 is 25.3. The van der Waals surface area contributed by atoms with E-state index in [9.17, 15) is 8.42 Å². The lowest BCUT2D eigenvalue weighted by molar-refractivity contribution is 0.412. The van der Waals surface area contributed by atoms with Gasteiger partial charge in [-0.25, -0.2) is 12.7 Å². The predicted molar refractivity (Wildman–Crippen MR) is 81.6 cm³/mol. The van der Waals surface area contributed by atoms with Gasteiger partial charge in [0.15, 0.2) is 0 Å². The second-order valence-electron chi connectivity index (χ2n) is 5.29. The van der Waals surface area contributed by atoms with Crippen LogP contribution in [0.4, 0.5) is 5.69 Å². The number of rotatable bonds is 6. The SMILES string of the molecule is CCCN(c1ccc(S(=O)(=O)N(C)C)cc1)C1CNC1. The molecular formula is C14H23N3O2S. The fourth-order valence-electron chi connectivity index (χ4n) is 2.28. The monoisotopic (exact) mass is 297 g/mol. The van der Waals surface area contributed by atoms with Gasteiger partial charge in [-0.15, -0.1) is 0 Å². The highest BCUT2D eigenvalue weighted by Crippen LogP contribution is 2.22. The topological polar surface area (TPSA) is 52.7 Å². The van der Waals surface area contributed by atoms with E-state index in [1.165, 1.54) is 4.31 Å². The molecule has 0 saturated carbocycles. The fourth-order valence-corrected chi connectivity index (χ4v) is 3.18. The Balaban J connectivity index is 2.22. The van der Waals surface area contributed by atoms with Gasteiger partial charge in [0.1, 0.15) is 0 Å². The molecular weight excluding hydrogens is 274 g/mol. The number of nitrogens with one attached hydrogen (secondary N) is 1. The molecule has 1 fully saturated rings. The first-order chi connectivity index (χ1) is 9.46. The molecule has 1 aliphatic rings. The van der Waals surface area contributed by atoms with Crippen molar-refractivity contribution in [3.05, 3.63) is 24.3 Å². The Morgan fingerprint density at radius 1 is 1.20 bits per heavy atom. The van der Waals surface area contributed by atoms with Gasteiger partial charge in [0.2, 0.25) is 10.0 Å². The van der Waals surface area contributed by atoms with E-state index < -0.39 is 10.0 Å². The average Bonchev–Trinajstić information content (AvgIpc) is 2.36. The highest BCUT2D eigenvalue weighted by Gasteiger charge is 2.24. The van der Waals surface area contributed by atoms with E-state index in [4.69, 9.17) is 0 Å². The first-order valence-electron chi connectivity index (χ1n) is 6.96. The number of nitrogens with zero attached hydrogens (tertiary/aromatic N) is 2. The maximum absolute atomic E-state index is 12.0. The first-order valence-corrected chi connectivity index (χ1v) is 8.40. The van der Waals surface area contributed by atoms with E-state index in [0.29, 0.717) is 10.9 Å². The largest absolute Gasteiger partial charge is 0.366 e. The molecule has 0 aromatic heterocycles. The number of hydrogen-bond donors (Lipinski definition) is 1. The van der Waals surface area contributed by atoms with Gasteiger partial charge in [-0.2, -0.15) is 0 Å². The van der Waals surface area contributed by atoms with Crippen molar-refractivity contribution in [1.29, 1.82) is 0 Å². The Morgan fingerprint density at radius 2 is 1.80 bits per heavy atom. The fraction of sp³-hybridized carbons (Fsp3) is 0.571. The molecule has 1 aromatic carbocycles. The van der Waals surface area contributed by atoms with Crippen LogP contribution in [0.15, 0.2) is 29.2 Å². The summed E-state index contributed by atoms with van der Waals surface area (Å²) in [5.74, 6) is 0. The molecule has 0 unspecified atom stereocenters. The molecule has 5 nitrogen and oxygen atoms in total. The number of sulfonamides is 1. The van der Waals surface area contributed by atoms with E-state index in [0.717, 1.165) is 31.7 Å². The van der Waals surface area contributed by atoms with E-state index in [-0.39, 0.29) is 0 Å². The van der Waals surface area contributed by atoms with Crippen molar-refractivity contribution >= 4 is 15.7 Å². The first kappa shape index (κ1) is 15.3. The van der Waals surface area contributed by atoms with Crippen LogP contribution in [0, 0.1) is 0 Å². The summed E-state index contributed by atoms with van der Waals surface area (Å²) in [5.41, 5.74) is 1.09. The average molecular weight is 297 g/mol. The molecule has 0 atom stereocenters. The van der Waals surface area contributed by atoms with Gasteiger partial charge in [0.05, 0.1) is 10.9 Å².